The minimum Gasteiger partial charge on any atom is -0.494 e. The number of carbonyl (C=O) groups is 1. The highest BCUT2D eigenvalue weighted by atomic mass is 16.5. The minimum absolute atomic E-state index is 0.0197. The number of ether oxygens (including phenoxy) is 1. The van der Waals surface area contributed by atoms with Gasteiger partial charge in [0.2, 0.25) is 5.91 Å². The van der Waals surface area contributed by atoms with E-state index in [1.54, 1.807) is 6.21 Å². The molecule has 0 spiro atoms. The van der Waals surface area contributed by atoms with Crippen molar-refractivity contribution in [1.82, 2.24) is 5.43 Å². The molecule has 1 aromatic rings. The molecule has 0 saturated heterocycles. The number of benzene rings is 1. The summed E-state index contributed by atoms with van der Waals surface area (Å²) < 4.78 is 5.36. The third-order valence-corrected chi connectivity index (χ3v) is 3.10. The van der Waals surface area contributed by atoms with Crippen molar-refractivity contribution >= 4 is 12.1 Å². The van der Waals surface area contributed by atoms with Gasteiger partial charge in [-0.15, -0.1) is 0 Å². The van der Waals surface area contributed by atoms with Gasteiger partial charge in [-0.05, 0) is 43.2 Å². The van der Waals surface area contributed by atoms with Gasteiger partial charge in [0.25, 0.3) is 0 Å². The molecule has 0 aromatic heterocycles. The molecule has 0 aliphatic rings. The van der Waals surface area contributed by atoms with E-state index in [1.165, 1.54) is 19.3 Å². The van der Waals surface area contributed by atoms with Gasteiger partial charge in [-0.3, -0.25) is 4.79 Å². The van der Waals surface area contributed by atoms with Gasteiger partial charge < -0.3 is 4.74 Å². The number of carbonyl (C=O) groups excluding carboxylic acids is 1. The Morgan fingerprint density at radius 1 is 1.14 bits per heavy atom. The maximum Gasteiger partial charge on any atom is 0.240 e. The number of unbranched alkanes of at least 4 members (excludes halogenated alkanes) is 4. The van der Waals surface area contributed by atoms with Crippen LogP contribution in [0.1, 0.15) is 57.9 Å². The lowest BCUT2D eigenvalue weighted by Crippen LogP contribution is -2.16. The molecular weight excluding hydrogens is 264 g/mol. The van der Waals surface area contributed by atoms with Crippen LogP contribution < -0.4 is 10.2 Å². The Labute approximate surface area is 127 Å². The molecule has 116 valence electrons. The van der Waals surface area contributed by atoms with E-state index in [0.717, 1.165) is 24.2 Å². The summed E-state index contributed by atoms with van der Waals surface area (Å²) in [5, 5.41) is 3.97. The van der Waals surface area contributed by atoms with Crippen molar-refractivity contribution < 1.29 is 9.53 Å². The smallest absolute Gasteiger partial charge is 0.240 e. The number of hydrogen-bond acceptors (Lipinski definition) is 3. The van der Waals surface area contributed by atoms with E-state index in [-0.39, 0.29) is 5.91 Å². The van der Waals surface area contributed by atoms with Gasteiger partial charge in [-0.1, -0.05) is 32.6 Å². The fourth-order valence-electron chi connectivity index (χ4n) is 1.94. The third kappa shape index (κ3) is 8.12. The molecule has 0 radical (unpaired) electrons. The summed E-state index contributed by atoms with van der Waals surface area (Å²) in [6, 6.07) is 7.59. The molecule has 1 N–H and O–H groups in total. The molecule has 0 unspecified atom stereocenters. The Balaban J connectivity index is 2.22. The summed E-state index contributed by atoms with van der Waals surface area (Å²) in [5.41, 5.74) is 3.49. The van der Waals surface area contributed by atoms with Crippen molar-refractivity contribution in [2.45, 2.75) is 52.4 Å². The Kier molecular flexibility index (Phi) is 8.93. The van der Waals surface area contributed by atoms with Gasteiger partial charge in [0, 0.05) is 6.42 Å². The predicted molar refractivity (Wildman–Crippen MR) is 86.7 cm³/mol. The van der Waals surface area contributed by atoms with Crippen molar-refractivity contribution in [1.29, 1.82) is 0 Å². The summed E-state index contributed by atoms with van der Waals surface area (Å²) in [4.78, 5) is 11.6. The van der Waals surface area contributed by atoms with Gasteiger partial charge >= 0.3 is 0 Å². The van der Waals surface area contributed by atoms with Crippen molar-refractivity contribution in [3.63, 3.8) is 0 Å². The SMILES string of the molecule is CCCCCCCC(=O)N/N=C/c1ccc(OCC)cc1. The highest BCUT2D eigenvalue weighted by Gasteiger charge is 1.99. The van der Waals surface area contributed by atoms with Crippen LogP contribution in [0.3, 0.4) is 0 Å². The molecule has 0 saturated carbocycles. The first-order chi connectivity index (χ1) is 10.3. The van der Waals surface area contributed by atoms with Crippen molar-refractivity contribution in [3.8, 4) is 5.75 Å². The minimum atomic E-state index is -0.0197. The van der Waals surface area contributed by atoms with Crippen molar-refractivity contribution in [3.05, 3.63) is 29.8 Å². The zero-order valence-electron chi connectivity index (χ0n) is 13.1. The van der Waals surface area contributed by atoms with Gasteiger partial charge in [0.1, 0.15) is 5.75 Å². The van der Waals surface area contributed by atoms with Crippen LogP contribution >= 0.6 is 0 Å². The normalized spacial score (nSPS) is 10.8. The van der Waals surface area contributed by atoms with Crippen LogP contribution in [0.5, 0.6) is 5.75 Å². The molecule has 4 heteroatoms. The molecule has 0 bridgehead atoms. The fourth-order valence-corrected chi connectivity index (χ4v) is 1.94. The zero-order chi connectivity index (χ0) is 15.3. The molecule has 1 rings (SSSR count). The molecule has 0 fully saturated rings. The van der Waals surface area contributed by atoms with Crippen molar-refractivity contribution in [2.24, 2.45) is 5.10 Å². The van der Waals surface area contributed by atoms with Crippen LogP contribution in [0.4, 0.5) is 0 Å². The third-order valence-electron chi connectivity index (χ3n) is 3.10. The van der Waals surface area contributed by atoms with Crippen molar-refractivity contribution in [2.75, 3.05) is 6.61 Å². The first kappa shape index (κ1) is 17.2. The van der Waals surface area contributed by atoms with E-state index in [9.17, 15) is 4.79 Å². The first-order valence-corrected chi connectivity index (χ1v) is 7.81. The average Bonchev–Trinajstić information content (AvgIpc) is 2.49. The Hall–Kier alpha value is -1.84. The summed E-state index contributed by atoms with van der Waals surface area (Å²) in [5.74, 6) is 0.819. The number of nitrogens with one attached hydrogen (secondary N) is 1. The molecular formula is C17H26N2O2. The predicted octanol–water partition coefficient (Wildman–Crippen LogP) is 3.90. The highest BCUT2D eigenvalue weighted by molar-refractivity contribution is 5.82. The average molecular weight is 290 g/mol. The standard InChI is InChI=1S/C17H26N2O2/c1-3-5-6-7-8-9-17(20)19-18-14-15-10-12-16(13-11-15)21-4-2/h10-14H,3-9H2,1-2H3,(H,19,20)/b18-14+. The molecule has 1 amide bonds. The highest BCUT2D eigenvalue weighted by Crippen LogP contribution is 2.10. The van der Waals surface area contributed by atoms with E-state index in [4.69, 9.17) is 4.74 Å². The summed E-state index contributed by atoms with van der Waals surface area (Å²) >= 11 is 0. The van der Waals surface area contributed by atoms with Crippen LogP contribution in [0, 0.1) is 0 Å². The Morgan fingerprint density at radius 3 is 2.52 bits per heavy atom. The number of rotatable bonds is 10. The lowest BCUT2D eigenvalue weighted by atomic mass is 10.1. The van der Waals surface area contributed by atoms with E-state index < -0.39 is 0 Å². The summed E-state index contributed by atoms with van der Waals surface area (Å²) in [6.07, 6.45) is 7.92. The van der Waals surface area contributed by atoms with Crippen LogP contribution in [-0.4, -0.2) is 18.7 Å². The number of hydrogen-bond donors (Lipinski definition) is 1. The molecule has 0 aliphatic carbocycles. The van der Waals surface area contributed by atoms with Crippen LogP contribution in [0.2, 0.25) is 0 Å². The maximum absolute atomic E-state index is 11.6. The van der Waals surface area contributed by atoms with E-state index in [0.29, 0.717) is 13.0 Å². The fraction of sp³-hybridized carbons (Fsp3) is 0.529. The summed E-state index contributed by atoms with van der Waals surface area (Å²) in [7, 11) is 0. The maximum atomic E-state index is 11.6. The van der Waals surface area contributed by atoms with E-state index in [2.05, 4.69) is 17.5 Å². The second-order valence-electron chi connectivity index (χ2n) is 4.96. The Bertz CT molecular complexity index is 427. The Morgan fingerprint density at radius 2 is 1.86 bits per heavy atom. The van der Waals surface area contributed by atoms with Gasteiger partial charge in [0.15, 0.2) is 0 Å². The van der Waals surface area contributed by atoms with E-state index in [1.807, 2.05) is 31.2 Å². The van der Waals surface area contributed by atoms with Crippen LogP contribution in [0.25, 0.3) is 0 Å². The van der Waals surface area contributed by atoms with Gasteiger partial charge in [-0.25, -0.2) is 5.43 Å². The molecule has 4 nitrogen and oxygen atoms in total. The number of hydrazone groups is 1. The molecule has 0 atom stereocenters. The molecule has 1 aromatic carbocycles. The second-order valence-corrected chi connectivity index (χ2v) is 4.96. The van der Waals surface area contributed by atoms with E-state index >= 15 is 0 Å². The van der Waals surface area contributed by atoms with Crippen LogP contribution in [0.15, 0.2) is 29.4 Å². The summed E-state index contributed by atoms with van der Waals surface area (Å²) in [6.45, 7) is 4.79. The zero-order valence-corrected chi connectivity index (χ0v) is 13.1. The van der Waals surface area contributed by atoms with Gasteiger partial charge in [-0.2, -0.15) is 5.10 Å². The number of amides is 1. The monoisotopic (exact) mass is 290 g/mol. The molecule has 0 aliphatic heterocycles. The quantitative estimate of drug-likeness (QED) is 0.404. The lowest BCUT2D eigenvalue weighted by Gasteiger charge is -2.02. The second kappa shape index (κ2) is 10.9. The molecule has 21 heavy (non-hydrogen) atoms. The van der Waals surface area contributed by atoms with Crippen LogP contribution in [-0.2, 0) is 4.79 Å². The number of nitrogens with zero attached hydrogens (tertiary/aromatic N) is 1. The van der Waals surface area contributed by atoms with Gasteiger partial charge in [0.05, 0.1) is 12.8 Å². The first-order valence-electron chi connectivity index (χ1n) is 7.81. The lowest BCUT2D eigenvalue weighted by molar-refractivity contribution is -0.121. The molecule has 0 heterocycles. The topological polar surface area (TPSA) is 50.7 Å². The largest absolute Gasteiger partial charge is 0.494 e.